The molecular weight excluding hydrogens is 673 g/mol. The van der Waals surface area contributed by atoms with Crippen LogP contribution >= 0.6 is 11.3 Å². The normalized spacial score (nSPS) is 11.7. The number of nitrogens with zero attached hydrogens (tertiary/aromatic N) is 2. The summed E-state index contributed by atoms with van der Waals surface area (Å²) < 4.78 is 4.88. The van der Waals surface area contributed by atoms with Crippen molar-refractivity contribution in [3.05, 3.63) is 194 Å². The maximum Gasteiger partial charge on any atom is 0.156 e. The third-order valence-corrected chi connectivity index (χ3v) is 11.9. The smallest absolute Gasteiger partial charge is 0.156 e. The van der Waals surface area contributed by atoms with Crippen molar-refractivity contribution in [2.24, 2.45) is 0 Å². The summed E-state index contributed by atoms with van der Waals surface area (Å²) >= 11 is 1.83. The number of fused-ring (bicyclic) bond motifs is 8. The Labute approximate surface area is 316 Å². The van der Waals surface area contributed by atoms with Crippen LogP contribution < -0.4 is 0 Å². The van der Waals surface area contributed by atoms with Crippen LogP contribution in [0.2, 0.25) is 0 Å². The number of hydrogen-bond donors (Lipinski definition) is 0. The van der Waals surface area contributed by atoms with E-state index in [-0.39, 0.29) is 0 Å². The van der Waals surface area contributed by atoms with E-state index in [1.54, 1.807) is 0 Å². The minimum atomic E-state index is 1.01. The molecule has 0 saturated carbocycles. The van der Waals surface area contributed by atoms with E-state index in [4.69, 9.17) is 4.98 Å². The molecule has 0 radical (unpaired) electrons. The van der Waals surface area contributed by atoms with E-state index in [0.29, 0.717) is 0 Å². The Morgan fingerprint density at radius 3 is 1.46 bits per heavy atom. The summed E-state index contributed by atoms with van der Waals surface area (Å²) in [6, 6.07) is 70.4. The highest BCUT2D eigenvalue weighted by Gasteiger charge is 2.18. The van der Waals surface area contributed by atoms with E-state index in [2.05, 4.69) is 199 Å². The van der Waals surface area contributed by atoms with Crippen LogP contribution in [0.15, 0.2) is 194 Å². The number of benzene rings is 8. The van der Waals surface area contributed by atoms with Gasteiger partial charge in [-0.1, -0.05) is 152 Å². The lowest BCUT2D eigenvalue weighted by molar-refractivity contribution is 1.25. The molecule has 0 N–H and O–H groups in total. The average Bonchev–Trinajstić information content (AvgIpc) is 3.81. The van der Waals surface area contributed by atoms with Gasteiger partial charge in [0, 0.05) is 15.5 Å². The van der Waals surface area contributed by atoms with Crippen molar-refractivity contribution in [1.29, 1.82) is 0 Å². The molecular formula is C51H32N2S. The van der Waals surface area contributed by atoms with Crippen LogP contribution in [-0.4, -0.2) is 9.38 Å². The van der Waals surface area contributed by atoms with Gasteiger partial charge in [0.15, 0.2) is 5.65 Å². The van der Waals surface area contributed by atoms with Crippen LogP contribution in [-0.2, 0) is 0 Å². The summed E-state index contributed by atoms with van der Waals surface area (Å²) in [6.45, 7) is 0. The van der Waals surface area contributed by atoms with Crippen molar-refractivity contribution in [2.45, 2.75) is 0 Å². The SMILES string of the molecule is c1ccc(-c2cc(-c3ccccc3)cc(-c3ccc(-c4ccc(-c5cc6c7ccccc7sc6c6nc7cc8ccccc8cc7n56)cc4)cc3)c2)cc1. The van der Waals surface area contributed by atoms with Gasteiger partial charge in [0.2, 0.25) is 0 Å². The zero-order valence-electron chi connectivity index (χ0n) is 29.3. The van der Waals surface area contributed by atoms with Gasteiger partial charge in [0.05, 0.1) is 21.4 Å². The average molecular weight is 705 g/mol. The molecule has 8 aromatic carbocycles. The van der Waals surface area contributed by atoms with E-state index in [1.165, 1.54) is 75.5 Å². The van der Waals surface area contributed by atoms with Gasteiger partial charge in [-0.3, -0.25) is 4.40 Å². The lowest BCUT2D eigenvalue weighted by Crippen LogP contribution is -1.93. The van der Waals surface area contributed by atoms with Crippen LogP contribution in [0.4, 0.5) is 0 Å². The number of rotatable bonds is 5. The largest absolute Gasteiger partial charge is 0.291 e. The van der Waals surface area contributed by atoms with Gasteiger partial charge in [-0.25, -0.2) is 4.98 Å². The molecule has 0 amide bonds. The van der Waals surface area contributed by atoms with Crippen molar-refractivity contribution in [2.75, 3.05) is 0 Å². The second-order valence-electron chi connectivity index (χ2n) is 14.0. The fourth-order valence-electron chi connectivity index (χ4n) is 8.03. The first kappa shape index (κ1) is 30.8. The fourth-order valence-corrected chi connectivity index (χ4v) is 9.19. The molecule has 11 rings (SSSR count). The van der Waals surface area contributed by atoms with Crippen LogP contribution in [0, 0.1) is 0 Å². The minimum Gasteiger partial charge on any atom is -0.291 e. The first-order valence-electron chi connectivity index (χ1n) is 18.4. The highest BCUT2D eigenvalue weighted by molar-refractivity contribution is 7.26. The molecule has 0 aliphatic rings. The van der Waals surface area contributed by atoms with E-state index in [1.807, 2.05) is 11.3 Å². The molecule has 0 aliphatic heterocycles. The molecule has 11 aromatic rings. The molecule has 252 valence electrons. The molecule has 0 fully saturated rings. The van der Waals surface area contributed by atoms with Gasteiger partial charge < -0.3 is 0 Å². The Hall–Kier alpha value is -6.81. The Balaban J connectivity index is 1.00. The molecule has 54 heavy (non-hydrogen) atoms. The molecule has 0 spiro atoms. The monoisotopic (exact) mass is 704 g/mol. The maximum atomic E-state index is 5.29. The molecule has 0 atom stereocenters. The second kappa shape index (κ2) is 12.4. The van der Waals surface area contributed by atoms with Gasteiger partial charge >= 0.3 is 0 Å². The van der Waals surface area contributed by atoms with Crippen molar-refractivity contribution in [3.63, 3.8) is 0 Å². The summed E-state index contributed by atoms with van der Waals surface area (Å²) in [6.07, 6.45) is 0. The summed E-state index contributed by atoms with van der Waals surface area (Å²) in [4.78, 5) is 5.29. The molecule has 3 heteroatoms. The molecule has 0 unspecified atom stereocenters. The first-order valence-corrected chi connectivity index (χ1v) is 19.2. The number of thiophene rings is 1. The molecule has 0 bridgehead atoms. The lowest BCUT2D eigenvalue weighted by Gasteiger charge is -2.12. The quantitative estimate of drug-likeness (QED) is 0.174. The van der Waals surface area contributed by atoms with Crippen LogP contribution in [0.1, 0.15) is 0 Å². The zero-order chi connectivity index (χ0) is 35.6. The van der Waals surface area contributed by atoms with Crippen LogP contribution in [0.5, 0.6) is 0 Å². The van der Waals surface area contributed by atoms with Crippen molar-refractivity contribution >= 4 is 59.0 Å². The number of pyridine rings is 1. The van der Waals surface area contributed by atoms with Gasteiger partial charge in [-0.2, -0.15) is 0 Å². The molecule has 0 saturated heterocycles. The Bertz CT molecular complexity index is 3110. The topological polar surface area (TPSA) is 17.3 Å². The molecule has 2 nitrogen and oxygen atoms in total. The lowest BCUT2D eigenvalue weighted by atomic mass is 9.92. The highest BCUT2D eigenvalue weighted by atomic mass is 32.1. The summed E-state index contributed by atoms with van der Waals surface area (Å²) in [5.74, 6) is 0. The molecule has 0 aliphatic carbocycles. The first-order chi connectivity index (χ1) is 26.7. The van der Waals surface area contributed by atoms with Crippen molar-refractivity contribution in [3.8, 4) is 55.8 Å². The van der Waals surface area contributed by atoms with E-state index in [9.17, 15) is 0 Å². The molecule has 3 aromatic heterocycles. The maximum absolute atomic E-state index is 5.29. The second-order valence-corrected chi connectivity index (χ2v) is 15.1. The predicted octanol–water partition coefficient (Wildman–Crippen LogP) is 14.3. The third-order valence-electron chi connectivity index (χ3n) is 10.8. The standard InChI is InChI=1S/C51H32N2S/c1-3-11-33(12-4-1)41-27-42(34-13-5-2-6-14-34)29-43(28-41)37-21-19-35(20-22-37)36-23-25-38(26-24-36)47-32-45-44-17-9-10-18-49(44)54-50(45)51-52-46-30-39-15-7-8-16-40(39)31-48(46)53(47)51/h1-32H. The Morgan fingerprint density at radius 1 is 0.370 bits per heavy atom. The molecule has 3 heterocycles. The van der Waals surface area contributed by atoms with Gasteiger partial charge in [0.1, 0.15) is 0 Å². The highest BCUT2D eigenvalue weighted by Crippen LogP contribution is 2.41. The Morgan fingerprint density at radius 2 is 0.852 bits per heavy atom. The number of hydrogen-bond acceptors (Lipinski definition) is 2. The van der Waals surface area contributed by atoms with Crippen LogP contribution in [0.3, 0.4) is 0 Å². The fraction of sp³-hybridized carbons (Fsp3) is 0. The summed E-state index contributed by atoms with van der Waals surface area (Å²) in [5, 5.41) is 4.96. The van der Waals surface area contributed by atoms with Crippen molar-refractivity contribution in [1.82, 2.24) is 9.38 Å². The Kier molecular flexibility index (Phi) is 7.07. The van der Waals surface area contributed by atoms with Crippen LogP contribution in [0.25, 0.3) is 103 Å². The minimum absolute atomic E-state index is 1.01. The number of aromatic nitrogens is 2. The van der Waals surface area contributed by atoms with E-state index >= 15 is 0 Å². The third kappa shape index (κ3) is 5.13. The predicted molar refractivity (Wildman–Crippen MR) is 230 cm³/mol. The van der Waals surface area contributed by atoms with E-state index in [0.717, 1.165) is 27.9 Å². The summed E-state index contributed by atoms with van der Waals surface area (Å²) in [7, 11) is 0. The van der Waals surface area contributed by atoms with Gasteiger partial charge in [0.25, 0.3) is 0 Å². The van der Waals surface area contributed by atoms with Gasteiger partial charge in [-0.05, 0) is 103 Å². The zero-order valence-corrected chi connectivity index (χ0v) is 30.1. The summed E-state index contributed by atoms with van der Waals surface area (Å²) in [5.41, 5.74) is 15.1. The van der Waals surface area contributed by atoms with Gasteiger partial charge in [-0.15, -0.1) is 11.3 Å². The van der Waals surface area contributed by atoms with Crippen molar-refractivity contribution < 1.29 is 0 Å². The number of imidazole rings is 1. The van der Waals surface area contributed by atoms with E-state index < -0.39 is 0 Å².